The molecule has 0 aliphatic carbocycles. The summed E-state index contributed by atoms with van der Waals surface area (Å²) in [6.45, 7) is 10.8. The van der Waals surface area contributed by atoms with Crippen LogP contribution in [0.5, 0.6) is 0 Å². The van der Waals surface area contributed by atoms with Gasteiger partial charge in [0.25, 0.3) is 11.8 Å². The zero-order chi connectivity index (χ0) is 35.0. The molecule has 1 N–H and O–H groups in total. The highest BCUT2D eigenvalue weighted by Gasteiger charge is 2.33. The first kappa shape index (κ1) is 39.4. The van der Waals surface area contributed by atoms with Gasteiger partial charge in [-0.2, -0.15) is 0 Å². The molecule has 2 rings (SSSR count). The lowest BCUT2D eigenvalue weighted by atomic mass is 10.0. The van der Waals surface area contributed by atoms with Crippen LogP contribution in [0.15, 0.2) is 18.2 Å². The van der Waals surface area contributed by atoms with Gasteiger partial charge in [0, 0.05) is 31.4 Å². The van der Waals surface area contributed by atoms with E-state index in [9.17, 15) is 28.8 Å². The zero-order valence-electron chi connectivity index (χ0n) is 29.2. The minimum Gasteiger partial charge on any atom is -0.460 e. The maximum absolute atomic E-state index is 12.8. The summed E-state index contributed by atoms with van der Waals surface area (Å²) in [5.74, 6) is -3.34. The minimum atomic E-state index is -1.01. The molecule has 1 aliphatic heterocycles. The van der Waals surface area contributed by atoms with Crippen LogP contribution in [0.3, 0.4) is 0 Å². The highest BCUT2D eigenvalue weighted by Crippen LogP contribution is 2.22. The SMILES string of the molecule is CC(C)(C)OC(=O)CCCCCCCCCCCCCCC(=O)Nc1cc(C(=O)ON2C(=O)CCC2=O)cc(C(=O)OC(C)(C)C)c1. The molecular weight excluding hydrogens is 604 g/mol. The van der Waals surface area contributed by atoms with Gasteiger partial charge in [0.05, 0.1) is 11.1 Å². The fraction of sp³-hybridized carbons (Fsp3) is 0.667. The second-order valence-corrected chi connectivity index (χ2v) is 14.1. The number of hydrogen-bond donors (Lipinski definition) is 1. The molecule has 11 nitrogen and oxygen atoms in total. The Morgan fingerprint density at radius 1 is 0.617 bits per heavy atom. The number of rotatable bonds is 19. The van der Waals surface area contributed by atoms with Gasteiger partial charge in [-0.25, -0.2) is 9.59 Å². The Bertz CT molecular complexity index is 1230. The molecule has 11 heteroatoms. The van der Waals surface area contributed by atoms with Crippen LogP contribution in [-0.2, 0) is 33.5 Å². The van der Waals surface area contributed by atoms with Crippen molar-refractivity contribution in [1.82, 2.24) is 5.06 Å². The molecule has 1 aromatic rings. The number of ether oxygens (including phenoxy) is 2. The molecule has 3 amide bonds. The maximum Gasteiger partial charge on any atom is 0.364 e. The Labute approximate surface area is 279 Å². The number of imide groups is 1. The van der Waals surface area contributed by atoms with E-state index in [1.54, 1.807) is 20.8 Å². The molecular formula is C36H54N2O9. The number of benzene rings is 1. The fourth-order valence-electron chi connectivity index (χ4n) is 5.00. The first-order valence-corrected chi connectivity index (χ1v) is 17.0. The molecule has 0 spiro atoms. The first-order valence-electron chi connectivity index (χ1n) is 17.0. The molecule has 1 aromatic carbocycles. The van der Waals surface area contributed by atoms with Crippen LogP contribution < -0.4 is 5.32 Å². The zero-order valence-corrected chi connectivity index (χ0v) is 29.2. The quantitative estimate of drug-likeness (QED) is 0.0902. The Morgan fingerprint density at radius 3 is 1.51 bits per heavy atom. The second kappa shape index (κ2) is 19.2. The van der Waals surface area contributed by atoms with Crippen LogP contribution in [0, 0.1) is 0 Å². The van der Waals surface area contributed by atoms with Gasteiger partial charge in [0.1, 0.15) is 11.2 Å². The average molecular weight is 659 g/mol. The summed E-state index contributed by atoms with van der Waals surface area (Å²) >= 11 is 0. The van der Waals surface area contributed by atoms with Gasteiger partial charge in [-0.3, -0.25) is 19.2 Å². The lowest BCUT2D eigenvalue weighted by Gasteiger charge is -2.20. The third-order valence-electron chi connectivity index (χ3n) is 7.22. The van der Waals surface area contributed by atoms with E-state index in [2.05, 4.69) is 5.32 Å². The monoisotopic (exact) mass is 658 g/mol. The molecule has 1 aliphatic rings. The number of nitrogens with one attached hydrogen (secondary N) is 1. The van der Waals surface area contributed by atoms with E-state index in [1.807, 2.05) is 20.8 Å². The molecule has 0 bridgehead atoms. The van der Waals surface area contributed by atoms with E-state index in [0.717, 1.165) is 44.9 Å². The summed E-state index contributed by atoms with van der Waals surface area (Å²) in [5.41, 5.74) is -1.11. The lowest BCUT2D eigenvalue weighted by molar-refractivity contribution is -0.172. The van der Waals surface area contributed by atoms with Gasteiger partial charge < -0.3 is 19.6 Å². The van der Waals surface area contributed by atoms with Crippen molar-refractivity contribution < 1.29 is 43.1 Å². The molecule has 1 fully saturated rings. The molecule has 1 heterocycles. The van der Waals surface area contributed by atoms with E-state index >= 15 is 0 Å². The number of anilines is 1. The van der Waals surface area contributed by atoms with Crippen LogP contribution in [-0.4, -0.2) is 51.9 Å². The summed E-state index contributed by atoms with van der Waals surface area (Å²) in [5, 5.41) is 3.17. The molecule has 0 unspecified atom stereocenters. The molecule has 47 heavy (non-hydrogen) atoms. The maximum atomic E-state index is 12.8. The summed E-state index contributed by atoms with van der Waals surface area (Å²) < 4.78 is 10.8. The number of unbranched alkanes of at least 4 members (excludes halogenated alkanes) is 11. The molecule has 0 radical (unpaired) electrons. The summed E-state index contributed by atoms with van der Waals surface area (Å²) in [6, 6.07) is 3.99. The van der Waals surface area contributed by atoms with Gasteiger partial charge >= 0.3 is 17.9 Å². The van der Waals surface area contributed by atoms with Gasteiger partial charge in [-0.1, -0.05) is 64.2 Å². The van der Waals surface area contributed by atoms with Crippen molar-refractivity contribution in [3.8, 4) is 0 Å². The third-order valence-corrected chi connectivity index (χ3v) is 7.22. The fourth-order valence-corrected chi connectivity index (χ4v) is 5.00. The molecule has 1 saturated heterocycles. The van der Waals surface area contributed by atoms with Gasteiger partial charge in [0.15, 0.2) is 0 Å². The predicted molar refractivity (Wildman–Crippen MR) is 177 cm³/mol. The van der Waals surface area contributed by atoms with Crippen molar-refractivity contribution in [3.05, 3.63) is 29.3 Å². The smallest absolute Gasteiger partial charge is 0.364 e. The lowest BCUT2D eigenvalue weighted by Crippen LogP contribution is -2.32. The Hall–Kier alpha value is -3.76. The van der Waals surface area contributed by atoms with Gasteiger partial charge in [-0.05, 0) is 72.6 Å². The Balaban J connectivity index is 1.69. The molecule has 0 aromatic heterocycles. The van der Waals surface area contributed by atoms with Crippen molar-refractivity contribution in [2.45, 2.75) is 155 Å². The number of hydrogen-bond acceptors (Lipinski definition) is 9. The Kier molecular flexibility index (Phi) is 16.1. The van der Waals surface area contributed by atoms with Gasteiger partial charge in [0.2, 0.25) is 5.91 Å². The Morgan fingerprint density at radius 2 is 1.04 bits per heavy atom. The van der Waals surface area contributed by atoms with E-state index in [1.165, 1.54) is 43.9 Å². The average Bonchev–Trinajstić information content (AvgIpc) is 3.27. The van der Waals surface area contributed by atoms with Crippen LogP contribution in [0.25, 0.3) is 0 Å². The standard InChI is InChI=1S/C36H54N2O9/c1-35(2,3)45-32(42)20-18-16-14-12-10-8-7-9-11-13-15-17-19-29(39)37-28-24-26(33(43)46-36(4,5)6)23-27(25-28)34(44)47-38-30(40)21-22-31(38)41/h23-25H,7-22H2,1-6H3,(H,37,39). The van der Waals surface area contributed by atoms with Crippen molar-refractivity contribution >= 4 is 41.3 Å². The minimum absolute atomic E-state index is 0.0157. The number of nitrogens with zero attached hydrogens (tertiary/aromatic N) is 1. The van der Waals surface area contributed by atoms with Crippen LogP contribution in [0.2, 0.25) is 0 Å². The number of carbonyl (C=O) groups is 6. The van der Waals surface area contributed by atoms with Crippen molar-refractivity contribution in [1.29, 1.82) is 0 Å². The second-order valence-electron chi connectivity index (χ2n) is 14.1. The summed E-state index contributed by atoms with van der Waals surface area (Å²) in [6.07, 6.45) is 13.5. The molecule has 0 atom stereocenters. The first-order chi connectivity index (χ1) is 22.0. The molecule has 262 valence electrons. The normalized spacial score (nSPS) is 13.4. The van der Waals surface area contributed by atoms with Crippen molar-refractivity contribution in [2.75, 3.05) is 5.32 Å². The number of amides is 3. The summed E-state index contributed by atoms with van der Waals surface area (Å²) in [4.78, 5) is 78.8. The van der Waals surface area contributed by atoms with Crippen molar-refractivity contribution in [2.24, 2.45) is 0 Å². The van der Waals surface area contributed by atoms with Crippen LogP contribution >= 0.6 is 0 Å². The largest absolute Gasteiger partial charge is 0.460 e. The third kappa shape index (κ3) is 16.6. The summed E-state index contributed by atoms with van der Waals surface area (Å²) in [7, 11) is 0. The van der Waals surface area contributed by atoms with E-state index in [4.69, 9.17) is 14.3 Å². The van der Waals surface area contributed by atoms with E-state index in [0.29, 0.717) is 17.9 Å². The van der Waals surface area contributed by atoms with Crippen molar-refractivity contribution in [3.63, 3.8) is 0 Å². The number of hydroxylamine groups is 2. The number of carbonyl (C=O) groups excluding carboxylic acids is 6. The predicted octanol–water partition coefficient (Wildman–Crippen LogP) is 7.60. The number of esters is 2. The highest BCUT2D eigenvalue weighted by molar-refractivity contribution is 6.04. The van der Waals surface area contributed by atoms with Crippen LogP contribution in [0.4, 0.5) is 5.69 Å². The van der Waals surface area contributed by atoms with E-state index in [-0.39, 0.29) is 48.0 Å². The topological polar surface area (TPSA) is 145 Å². The van der Waals surface area contributed by atoms with Crippen LogP contribution in [0.1, 0.15) is 165 Å². The highest BCUT2D eigenvalue weighted by atomic mass is 16.7. The van der Waals surface area contributed by atoms with E-state index < -0.39 is 35.0 Å². The molecule has 0 saturated carbocycles. The van der Waals surface area contributed by atoms with Gasteiger partial charge in [-0.15, -0.1) is 5.06 Å².